The number of likely N-dealkylation sites (N-methyl/N-ethyl adjacent to an activating group) is 1. The molecule has 4 nitrogen and oxygen atoms in total. The molecule has 2 bridgehead atoms. The van der Waals surface area contributed by atoms with Gasteiger partial charge in [-0.05, 0) is 23.6 Å². The minimum atomic E-state index is -0.323. The van der Waals surface area contributed by atoms with Gasteiger partial charge in [0.05, 0.1) is 20.1 Å². The molecule has 0 aliphatic carbocycles. The molecule has 0 unspecified atom stereocenters. The number of rotatable bonds is 4. The van der Waals surface area contributed by atoms with E-state index < -0.39 is 0 Å². The standard InChI is InChI=1S/C22H26N2O2/c1-24-13-11-18(12-14-24)21(16-24)26-22(25)23-20-10-6-5-9-19(20)15-17-7-3-2-4-8-17/h2-10,18,21H,11-16H2,1H3/p+1/t18?,21-,24?/m0/s1. The molecule has 4 heteroatoms. The van der Waals surface area contributed by atoms with Gasteiger partial charge in [0.15, 0.2) is 6.10 Å². The van der Waals surface area contributed by atoms with E-state index in [9.17, 15) is 4.79 Å². The van der Waals surface area contributed by atoms with E-state index in [0.717, 1.165) is 28.7 Å². The van der Waals surface area contributed by atoms with Crippen LogP contribution < -0.4 is 5.32 Å². The predicted octanol–water partition coefficient (Wildman–Crippen LogP) is 4.06. The van der Waals surface area contributed by atoms with Crippen LogP contribution in [0.2, 0.25) is 0 Å². The third kappa shape index (κ3) is 3.75. The van der Waals surface area contributed by atoms with Crippen molar-refractivity contribution in [2.24, 2.45) is 5.92 Å². The predicted molar refractivity (Wildman–Crippen MR) is 103 cm³/mol. The molecule has 3 heterocycles. The molecular weight excluding hydrogens is 324 g/mol. The van der Waals surface area contributed by atoms with Gasteiger partial charge in [0, 0.05) is 24.4 Å². The first kappa shape index (κ1) is 17.1. The lowest BCUT2D eigenvalue weighted by molar-refractivity contribution is -0.928. The Hall–Kier alpha value is -2.33. The van der Waals surface area contributed by atoms with Crippen molar-refractivity contribution in [1.29, 1.82) is 0 Å². The summed E-state index contributed by atoms with van der Waals surface area (Å²) >= 11 is 0. The number of nitrogens with zero attached hydrogens (tertiary/aromatic N) is 1. The molecule has 3 fully saturated rings. The number of para-hydroxylation sites is 1. The van der Waals surface area contributed by atoms with Crippen LogP contribution in [0, 0.1) is 5.92 Å². The van der Waals surface area contributed by atoms with Crippen LogP contribution in [0.25, 0.3) is 0 Å². The second kappa shape index (κ2) is 7.12. The number of benzene rings is 2. The normalized spacial score (nSPS) is 27.1. The molecule has 1 atom stereocenters. The number of quaternary nitrogens is 1. The number of nitrogens with one attached hydrogen (secondary N) is 1. The molecule has 2 aromatic carbocycles. The van der Waals surface area contributed by atoms with Gasteiger partial charge < -0.3 is 9.22 Å². The summed E-state index contributed by atoms with van der Waals surface area (Å²) < 4.78 is 6.87. The van der Waals surface area contributed by atoms with Gasteiger partial charge >= 0.3 is 6.09 Å². The molecule has 0 spiro atoms. The molecule has 26 heavy (non-hydrogen) atoms. The Morgan fingerprint density at radius 2 is 1.77 bits per heavy atom. The molecule has 3 aliphatic heterocycles. The van der Waals surface area contributed by atoms with E-state index in [-0.39, 0.29) is 12.2 Å². The number of carbonyl (C=O) groups is 1. The number of fused-ring (bicyclic) bond motifs is 3. The topological polar surface area (TPSA) is 38.3 Å². The van der Waals surface area contributed by atoms with Crippen molar-refractivity contribution >= 4 is 11.8 Å². The van der Waals surface area contributed by atoms with Crippen LogP contribution in [0.5, 0.6) is 0 Å². The van der Waals surface area contributed by atoms with Crippen LogP contribution in [0.1, 0.15) is 24.0 Å². The summed E-state index contributed by atoms with van der Waals surface area (Å²) in [6, 6.07) is 18.3. The van der Waals surface area contributed by atoms with E-state index in [4.69, 9.17) is 4.74 Å². The van der Waals surface area contributed by atoms with Gasteiger partial charge in [-0.1, -0.05) is 48.5 Å². The highest BCUT2D eigenvalue weighted by atomic mass is 16.6. The highest BCUT2D eigenvalue weighted by Crippen LogP contribution is 2.34. The fourth-order valence-electron chi connectivity index (χ4n) is 4.37. The van der Waals surface area contributed by atoms with E-state index >= 15 is 0 Å². The van der Waals surface area contributed by atoms with Crippen molar-refractivity contribution < 1.29 is 14.0 Å². The number of ether oxygens (including phenoxy) is 1. The van der Waals surface area contributed by atoms with Crippen molar-refractivity contribution in [3.05, 3.63) is 65.7 Å². The second-order valence-electron chi connectivity index (χ2n) is 7.98. The van der Waals surface area contributed by atoms with Crippen molar-refractivity contribution in [3.63, 3.8) is 0 Å². The summed E-state index contributed by atoms with van der Waals surface area (Å²) in [5.74, 6) is 0.528. The number of carbonyl (C=O) groups excluding carboxylic acids is 1. The Bertz CT molecular complexity index is 767. The molecule has 0 aromatic heterocycles. The Morgan fingerprint density at radius 1 is 1.08 bits per heavy atom. The Balaban J connectivity index is 1.42. The first-order valence-corrected chi connectivity index (χ1v) is 9.54. The summed E-state index contributed by atoms with van der Waals surface area (Å²) in [4.78, 5) is 12.5. The zero-order valence-electron chi connectivity index (χ0n) is 15.4. The lowest BCUT2D eigenvalue weighted by atomic mass is 9.84. The molecule has 5 rings (SSSR count). The number of anilines is 1. The average Bonchev–Trinajstić information content (AvgIpc) is 2.64. The Kier molecular flexibility index (Phi) is 4.68. The fraction of sp³-hybridized carbons (Fsp3) is 0.409. The molecule has 136 valence electrons. The van der Waals surface area contributed by atoms with E-state index in [0.29, 0.717) is 5.92 Å². The first-order chi connectivity index (χ1) is 12.6. The Morgan fingerprint density at radius 3 is 2.50 bits per heavy atom. The summed E-state index contributed by atoms with van der Waals surface area (Å²) in [6.45, 7) is 3.38. The maximum absolute atomic E-state index is 12.5. The van der Waals surface area contributed by atoms with Crippen LogP contribution in [0.15, 0.2) is 54.6 Å². The van der Waals surface area contributed by atoms with Crippen molar-refractivity contribution in [1.82, 2.24) is 0 Å². The summed E-state index contributed by atoms with van der Waals surface area (Å²) in [5.41, 5.74) is 3.16. The third-order valence-electron chi connectivity index (χ3n) is 5.98. The summed E-state index contributed by atoms with van der Waals surface area (Å²) in [6.07, 6.45) is 2.84. The molecule has 0 saturated carbocycles. The summed E-state index contributed by atoms with van der Waals surface area (Å²) in [5, 5.41) is 2.98. The van der Waals surface area contributed by atoms with Gasteiger partial charge in [-0.3, -0.25) is 5.32 Å². The molecular formula is C22H27N2O2+. The van der Waals surface area contributed by atoms with Gasteiger partial charge in [-0.25, -0.2) is 4.79 Å². The van der Waals surface area contributed by atoms with Crippen molar-refractivity contribution in [3.8, 4) is 0 Å². The largest absolute Gasteiger partial charge is 0.440 e. The zero-order chi connectivity index (χ0) is 18.0. The van der Waals surface area contributed by atoms with E-state index in [2.05, 4.69) is 30.6 Å². The van der Waals surface area contributed by atoms with Crippen LogP contribution in [-0.2, 0) is 11.2 Å². The number of amides is 1. The fourth-order valence-corrected chi connectivity index (χ4v) is 4.37. The number of hydrogen-bond acceptors (Lipinski definition) is 2. The summed E-state index contributed by atoms with van der Waals surface area (Å²) in [7, 11) is 2.28. The van der Waals surface area contributed by atoms with Gasteiger partial charge in [0.25, 0.3) is 0 Å². The second-order valence-corrected chi connectivity index (χ2v) is 7.98. The molecule has 1 N–H and O–H groups in total. The lowest BCUT2D eigenvalue weighted by Crippen LogP contribution is -2.62. The molecule has 1 amide bonds. The SMILES string of the molecule is C[N+]12CCC(CC1)[C@@H](OC(=O)Nc1ccccc1Cc1ccccc1)C2. The van der Waals surface area contributed by atoms with Crippen LogP contribution in [-0.4, -0.2) is 43.4 Å². The smallest absolute Gasteiger partial charge is 0.412 e. The maximum atomic E-state index is 12.5. The maximum Gasteiger partial charge on any atom is 0.412 e. The van der Waals surface area contributed by atoms with Crippen LogP contribution >= 0.6 is 0 Å². The monoisotopic (exact) mass is 351 g/mol. The van der Waals surface area contributed by atoms with Gasteiger partial charge in [0.2, 0.25) is 0 Å². The van der Waals surface area contributed by atoms with Gasteiger partial charge in [-0.2, -0.15) is 0 Å². The highest BCUT2D eigenvalue weighted by Gasteiger charge is 2.45. The van der Waals surface area contributed by atoms with Crippen LogP contribution in [0.3, 0.4) is 0 Å². The molecule has 3 aliphatic rings. The average molecular weight is 351 g/mol. The van der Waals surface area contributed by atoms with Crippen molar-refractivity contribution in [2.75, 3.05) is 32.0 Å². The molecule has 3 saturated heterocycles. The first-order valence-electron chi connectivity index (χ1n) is 9.54. The van der Waals surface area contributed by atoms with Gasteiger partial charge in [-0.15, -0.1) is 0 Å². The molecule has 2 aromatic rings. The van der Waals surface area contributed by atoms with Crippen molar-refractivity contribution in [2.45, 2.75) is 25.4 Å². The number of hydrogen-bond donors (Lipinski definition) is 1. The van der Waals surface area contributed by atoms with E-state index in [1.807, 2.05) is 36.4 Å². The quantitative estimate of drug-likeness (QED) is 0.844. The van der Waals surface area contributed by atoms with Crippen LogP contribution in [0.4, 0.5) is 10.5 Å². The Labute approximate surface area is 155 Å². The number of piperidine rings is 3. The van der Waals surface area contributed by atoms with E-state index in [1.165, 1.54) is 31.5 Å². The van der Waals surface area contributed by atoms with E-state index in [1.54, 1.807) is 0 Å². The highest BCUT2D eigenvalue weighted by molar-refractivity contribution is 5.85. The molecule has 0 radical (unpaired) electrons. The minimum Gasteiger partial charge on any atom is -0.440 e. The third-order valence-corrected chi connectivity index (χ3v) is 5.98. The van der Waals surface area contributed by atoms with Gasteiger partial charge in [0.1, 0.15) is 6.54 Å². The minimum absolute atomic E-state index is 0.0452. The lowest BCUT2D eigenvalue weighted by Gasteiger charge is -2.49. The zero-order valence-corrected chi connectivity index (χ0v) is 15.4.